The summed E-state index contributed by atoms with van der Waals surface area (Å²) in [6, 6.07) is 12.2. The number of hydrogen-bond donors (Lipinski definition) is 1. The highest BCUT2D eigenvalue weighted by Gasteiger charge is 2.17. The zero-order chi connectivity index (χ0) is 13.8. The fourth-order valence-electron chi connectivity index (χ4n) is 2.51. The van der Waals surface area contributed by atoms with E-state index in [-0.39, 0.29) is 0 Å². The summed E-state index contributed by atoms with van der Waals surface area (Å²) in [6.45, 7) is 0. The summed E-state index contributed by atoms with van der Waals surface area (Å²) in [5.74, 6) is 1.69. The van der Waals surface area contributed by atoms with Gasteiger partial charge in [0, 0.05) is 23.9 Å². The maximum Gasteiger partial charge on any atom is 0.162 e. The molecule has 0 spiro atoms. The standard InChI is InChI=1S/C16H19N3S/c1-17-14-11-15(20-13-9-5-6-10-13)19-16(18-14)12-7-3-2-4-8-12/h2-4,7-8,11,13H,5-6,9-10H2,1H3,(H,17,18,19). The van der Waals surface area contributed by atoms with Crippen LogP contribution in [0.1, 0.15) is 25.7 Å². The predicted molar refractivity (Wildman–Crippen MR) is 85.1 cm³/mol. The van der Waals surface area contributed by atoms with Crippen molar-refractivity contribution in [3.05, 3.63) is 36.4 Å². The third kappa shape index (κ3) is 3.12. The van der Waals surface area contributed by atoms with Gasteiger partial charge in [0.1, 0.15) is 10.8 Å². The van der Waals surface area contributed by atoms with Crippen LogP contribution in [-0.4, -0.2) is 22.3 Å². The maximum absolute atomic E-state index is 4.73. The molecule has 1 aromatic carbocycles. The average Bonchev–Trinajstić information content (AvgIpc) is 3.00. The van der Waals surface area contributed by atoms with Crippen molar-refractivity contribution < 1.29 is 0 Å². The molecule has 0 bridgehead atoms. The second-order valence-corrected chi connectivity index (χ2v) is 6.38. The van der Waals surface area contributed by atoms with Crippen molar-refractivity contribution in [1.29, 1.82) is 0 Å². The highest BCUT2D eigenvalue weighted by molar-refractivity contribution is 7.99. The molecule has 20 heavy (non-hydrogen) atoms. The van der Waals surface area contributed by atoms with E-state index in [0.717, 1.165) is 27.5 Å². The number of nitrogens with one attached hydrogen (secondary N) is 1. The number of rotatable bonds is 4. The summed E-state index contributed by atoms with van der Waals surface area (Å²) >= 11 is 1.90. The molecule has 4 heteroatoms. The minimum atomic E-state index is 0.721. The summed E-state index contributed by atoms with van der Waals surface area (Å²) in [4.78, 5) is 9.29. The molecule has 1 aliphatic carbocycles. The molecule has 0 saturated heterocycles. The Morgan fingerprint density at radius 1 is 1.10 bits per heavy atom. The largest absolute Gasteiger partial charge is 0.373 e. The first kappa shape index (κ1) is 13.4. The number of aromatic nitrogens is 2. The quantitative estimate of drug-likeness (QED) is 0.854. The second kappa shape index (κ2) is 6.27. The second-order valence-electron chi connectivity index (χ2n) is 5.06. The molecule has 1 fully saturated rings. The van der Waals surface area contributed by atoms with Gasteiger partial charge in [-0.1, -0.05) is 43.2 Å². The molecule has 0 unspecified atom stereocenters. The summed E-state index contributed by atoms with van der Waals surface area (Å²) < 4.78 is 0. The predicted octanol–water partition coefficient (Wildman–Crippen LogP) is 4.22. The Labute approximate surface area is 124 Å². The van der Waals surface area contributed by atoms with Gasteiger partial charge < -0.3 is 5.32 Å². The average molecular weight is 285 g/mol. The smallest absolute Gasteiger partial charge is 0.162 e. The summed E-state index contributed by atoms with van der Waals surface area (Å²) in [7, 11) is 1.90. The SMILES string of the molecule is CNc1cc(SC2CCCC2)nc(-c2ccccc2)n1. The highest BCUT2D eigenvalue weighted by atomic mass is 32.2. The molecular weight excluding hydrogens is 266 g/mol. The van der Waals surface area contributed by atoms with E-state index in [9.17, 15) is 0 Å². The van der Waals surface area contributed by atoms with Gasteiger partial charge in [-0.3, -0.25) is 0 Å². The van der Waals surface area contributed by atoms with Crippen LogP contribution in [0.5, 0.6) is 0 Å². The first-order valence-electron chi connectivity index (χ1n) is 7.14. The summed E-state index contributed by atoms with van der Waals surface area (Å²) in [5, 5.41) is 4.94. The monoisotopic (exact) mass is 285 g/mol. The maximum atomic E-state index is 4.73. The van der Waals surface area contributed by atoms with Gasteiger partial charge in [0.2, 0.25) is 0 Å². The number of hydrogen-bond acceptors (Lipinski definition) is 4. The molecule has 1 saturated carbocycles. The van der Waals surface area contributed by atoms with Crippen LogP contribution in [0.3, 0.4) is 0 Å². The molecule has 0 atom stereocenters. The molecule has 1 heterocycles. The topological polar surface area (TPSA) is 37.8 Å². The minimum absolute atomic E-state index is 0.721. The van der Waals surface area contributed by atoms with Crippen molar-refractivity contribution in [3.8, 4) is 11.4 Å². The van der Waals surface area contributed by atoms with Crippen molar-refractivity contribution in [2.24, 2.45) is 0 Å². The molecule has 1 aliphatic rings. The fraction of sp³-hybridized carbons (Fsp3) is 0.375. The van der Waals surface area contributed by atoms with Crippen LogP contribution in [-0.2, 0) is 0 Å². The summed E-state index contributed by atoms with van der Waals surface area (Å²) in [6.07, 6.45) is 5.33. The Morgan fingerprint density at radius 3 is 2.55 bits per heavy atom. The van der Waals surface area contributed by atoms with Crippen LogP contribution in [0, 0.1) is 0 Å². The zero-order valence-electron chi connectivity index (χ0n) is 11.7. The van der Waals surface area contributed by atoms with Crippen LogP contribution >= 0.6 is 11.8 Å². The lowest BCUT2D eigenvalue weighted by Crippen LogP contribution is -2.00. The first-order valence-corrected chi connectivity index (χ1v) is 8.02. The number of nitrogens with zero attached hydrogens (tertiary/aromatic N) is 2. The Bertz CT molecular complexity index is 565. The van der Waals surface area contributed by atoms with E-state index >= 15 is 0 Å². The lowest BCUT2D eigenvalue weighted by molar-refractivity contribution is 0.886. The van der Waals surface area contributed by atoms with Crippen LogP contribution in [0.15, 0.2) is 41.4 Å². The first-order chi connectivity index (χ1) is 9.85. The molecule has 2 aromatic rings. The zero-order valence-corrected chi connectivity index (χ0v) is 12.5. The summed E-state index contributed by atoms with van der Waals surface area (Å²) in [5.41, 5.74) is 1.07. The van der Waals surface area contributed by atoms with Gasteiger partial charge in [0.05, 0.1) is 0 Å². The fourth-order valence-corrected chi connectivity index (χ4v) is 3.74. The van der Waals surface area contributed by atoms with E-state index in [1.54, 1.807) is 0 Å². The van der Waals surface area contributed by atoms with Gasteiger partial charge in [-0.2, -0.15) is 0 Å². The Kier molecular flexibility index (Phi) is 4.21. The van der Waals surface area contributed by atoms with Crippen LogP contribution < -0.4 is 5.32 Å². The van der Waals surface area contributed by atoms with E-state index in [2.05, 4.69) is 28.5 Å². The molecule has 1 aromatic heterocycles. The van der Waals surface area contributed by atoms with Gasteiger partial charge in [-0.05, 0) is 12.8 Å². The van der Waals surface area contributed by atoms with Gasteiger partial charge >= 0.3 is 0 Å². The van der Waals surface area contributed by atoms with E-state index in [0.29, 0.717) is 0 Å². The Balaban J connectivity index is 1.90. The molecular formula is C16H19N3S. The molecule has 3 rings (SSSR count). The molecule has 0 aliphatic heterocycles. The van der Waals surface area contributed by atoms with Gasteiger partial charge in [-0.15, -0.1) is 11.8 Å². The molecule has 0 radical (unpaired) electrons. The lowest BCUT2D eigenvalue weighted by Gasteiger charge is -2.11. The normalized spacial score (nSPS) is 15.4. The van der Waals surface area contributed by atoms with E-state index in [1.807, 2.05) is 37.0 Å². The highest BCUT2D eigenvalue weighted by Crippen LogP contribution is 2.35. The van der Waals surface area contributed by atoms with Gasteiger partial charge in [-0.25, -0.2) is 9.97 Å². The van der Waals surface area contributed by atoms with E-state index in [4.69, 9.17) is 4.98 Å². The van der Waals surface area contributed by atoms with Crippen molar-refractivity contribution in [2.75, 3.05) is 12.4 Å². The molecule has 3 nitrogen and oxygen atoms in total. The minimum Gasteiger partial charge on any atom is -0.373 e. The van der Waals surface area contributed by atoms with Crippen LogP contribution in [0.25, 0.3) is 11.4 Å². The van der Waals surface area contributed by atoms with Gasteiger partial charge in [0.25, 0.3) is 0 Å². The third-order valence-corrected chi connectivity index (χ3v) is 4.84. The van der Waals surface area contributed by atoms with Crippen molar-refractivity contribution in [3.63, 3.8) is 0 Å². The van der Waals surface area contributed by atoms with Crippen molar-refractivity contribution in [1.82, 2.24) is 9.97 Å². The molecule has 0 amide bonds. The molecule has 104 valence electrons. The Hall–Kier alpha value is -1.55. The van der Waals surface area contributed by atoms with Crippen molar-refractivity contribution in [2.45, 2.75) is 36.0 Å². The van der Waals surface area contributed by atoms with E-state index in [1.165, 1.54) is 25.7 Å². The number of thioether (sulfide) groups is 1. The lowest BCUT2D eigenvalue weighted by atomic mass is 10.2. The van der Waals surface area contributed by atoms with Gasteiger partial charge in [0.15, 0.2) is 5.82 Å². The van der Waals surface area contributed by atoms with Crippen molar-refractivity contribution >= 4 is 17.6 Å². The third-order valence-electron chi connectivity index (χ3n) is 3.58. The Morgan fingerprint density at radius 2 is 1.85 bits per heavy atom. The molecule has 1 N–H and O–H groups in total. The number of anilines is 1. The number of benzene rings is 1. The van der Waals surface area contributed by atoms with Crippen LogP contribution in [0.4, 0.5) is 5.82 Å². The van der Waals surface area contributed by atoms with E-state index < -0.39 is 0 Å². The van der Waals surface area contributed by atoms with Crippen LogP contribution in [0.2, 0.25) is 0 Å².